The first-order chi connectivity index (χ1) is 8.76. The topological polar surface area (TPSA) is 37.0 Å². The summed E-state index contributed by atoms with van der Waals surface area (Å²) in [5.41, 5.74) is 8.32. The van der Waals surface area contributed by atoms with E-state index in [0.29, 0.717) is 6.42 Å². The predicted molar refractivity (Wildman–Crippen MR) is 73.7 cm³/mol. The number of hydrogen-bond donors (Lipinski definition) is 2. The Balaban J connectivity index is 1.72. The summed E-state index contributed by atoms with van der Waals surface area (Å²) in [6, 6.07) is 6.24. The zero-order valence-corrected chi connectivity index (χ0v) is 11.1. The number of alkyl halides is 1. The molecule has 0 amide bonds. The van der Waals surface area contributed by atoms with E-state index >= 15 is 0 Å². The molecule has 1 heterocycles. The van der Waals surface area contributed by atoms with E-state index in [1.165, 1.54) is 10.3 Å². The first-order valence-corrected chi connectivity index (χ1v) is 7.13. The van der Waals surface area contributed by atoms with Crippen molar-refractivity contribution in [3.05, 3.63) is 23.8 Å². The Morgan fingerprint density at radius 2 is 2.33 bits per heavy atom. The number of hydrogen-bond acceptors (Lipinski definition) is 4. The van der Waals surface area contributed by atoms with Gasteiger partial charge in [-0.1, -0.05) is 24.3 Å². The number of hydrazine groups is 1. The highest BCUT2D eigenvalue weighted by atomic mass is 32.1. The van der Waals surface area contributed by atoms with Gasteiger partial charge in [0, 0.05) is 0 Å². The monoisotopic (exact) mass is 265 g/mol. The number of thiazole rings is 1. The van der Waals surface area contributed by atoms with Crippen LogP contribution in [0.2, 0.25) is 0 Å². The minimum absolute atomic E-state index is 0.0665. The molecule has 2 N–H and O–H groups in total. The van der Waals surface area contributed by atoms with Crippen LogP contribution in [0.1, 0.15) is 25.3 Å². The molecule has 1 aromatic heterocycles. The van der Waals surface area contributed by atoms with Crippen LogP contribution >= 0.6 is 11.3 Å². The molecule has 1 aromatic carbocycles. The van der Waals surface area contributed by atoms with Gasteiger partial charge in [0.15, 0.2) is 5.13 Å². The highest BCUT2D eigenvalue weighted by Crippen LogP contribution is 2.28. The van der Waals surface area contributed by atoms with E-state index in [4.69, 9.17) is 0 Å². The minimum Gasteiger partial charge on any atom is -0.297 e. The summed E-state index contributed by atoms with van der Waals surface area (Å²) in [7, 11) is 0. The molecule has 5 heteroatoms. The van der Waals surface area contributed by atoms with E-state index in [2.05, 4.69) is 34.9 Å². The molecule has 3 nitrogen and oxygen atoms in total. The first-order valence-electron chi connectivity index (χ1n) is 6.31. The van der Waals surface area contributed by atoms with E-state index in [-0.39, 0.29) is 6.04 Å². The molecular weight excluding hydrogens is 249 g/mol. The maximum Gasteiger partial charge on any atom is 0.198 e. The number of nitrogens with one attached hydrogen (secondary N) is 2. The van der Waals surface area contributed by atoms with Gasteiger partial charge < -0.3 is 0 Å². The Kier molecular flexibility index (Phi) is 3.18. The lowest BCUT2D eigenvalue weighted by Gasteiger charge is -2.30. The molecule has 0 spiro atoms. The zero-order chi connectivity index (χ0) is 12.5. The van der Waals surface area contributed by atoms with Crippen molar-refractivity contribution in [3.63, 3.8) is 0 Å². The van der Waals surface area contributed by atoms with Gasteiger partial charge in [0.05, 0.1) is 16.3 Å². The number of nitrogens with zero attached hydrogens (tertiary/aromatic N) is 1. The fourth-order valence-corrected chi connectivity index (χ4v) is 2.91. The molecule has 3 rings (SSSR count). The number of halogens is 1. The minimum atomic E-state index is -0.724. The van der Waals surface area contributed by atoms with Gasteiger partial charge in [-0.2, -0.15) is 0 Å². The maximum atomic E-state index is 13.1. The highest BCUT2D eigenvalue weighted by Gasteiger charge is 2.30. The van der Waals surface area contributed by atoms with Crippen molar-refractivity contribution in [1.29, 1.82) is 0 Å². The van der Waals surface area contributed by atoms with Gasteiger partial charge >= 0.3 is 0 Å². The lowest BCUT2D eigenvalue weighted by molar-refractivity contribution is 0.149. The van der Waals surface area contributed by atoms with Gasteiger partial charge in [-0.15, -0.1) is 0 Å². The van der Waals surface area contributed by atoms with Crippen LogP contribution in [0.4, 0.5) is 9.52 Å². The summed E-state index contributed by atoms with van der Waals surface area (Å²) in [5.74, 6) is 0. The van der Waals surface area contributed by atoms with Crippen LogP contribution in [0.25, 0.3) is 10.2 Å². The zero-order valence-electron chi connectivity index (χ0n) is 10.2. The fraction of sp³-hybridized carbons (Fsp3) is 0.462. The maximum absolute atomic E-state index is 13.1. The molecule has 2 unspecified atom stereocenters. The van der Waals surface area contributed by atoms with E-state index < -0.39 is 6.17 Å². The van der Waals surface area contributed by atoms with Crippen molar-refractivity contribution in [3.8, 4) is 0 Å². The van der Waals surface area contributed by atoms with Crippen LogP contribution in [0.15, 0.2) is 18.2 Å². The summed E-state index contributed by atoms with van der Waals surface area (Å²) in [5, 5.41) is 0.803. The number of aryl methyl sites for hydroxylation is 1. The molecule has 0 bridgehead atoms. The van der Waals surface area contributed by atoms with Crippen LogP contribution in [0, 0.1) is 0 Å². The fourth-order valence-electron chi connectivity index (χ4n) is 2.02. The van der Waals surface area contributed by atoms with Crippen molar-refractivity contribution >= 4 is 26.7 Å². The quantitative estimate of drug-likeness (QED) is 0.833. The van der Waals surface area contributed by atoms with Gasteiger partial charge in [0.2, 0.25) is 0 Å². The van der Waals surface area contributed by atoms with E-state index in [0.717, 1.165) is 23.5 Å². The van der Waals surface area contributed by atoms with Gasteiger partial charge in [0.1, 0.15) is 6.17 Å². The average molecular weight is 265 g/mol. The molecule has 2 atom stereocenters. The molecule has 96 valence electrons. The Morgan fingerprint density at radius 3 is 3.00 bits per heavy atom. The molecule has 1 saturated carbocycles. The number of benzene rings is 1. The van der Waals surface area contributed by atoms with E-state index in [9.17, 15) is 4.39 Å². The average Bonchev–Trinajstić information content (AvgIpc) is 2.78. The standard InChI is InChI=1S/C13H16FN3S/c1-2-8-3-5-11-12(7-8)18-13(15-11)17-16-10-6-4-9(10)14/h3,5,7,9-10,16H,2,4,6H2,1H3,(H,15,17). The van der Waals surface area contributed by atoms with Crippen LogP contribution < -0.4 is 10.9 Å². The molecule has 1 aliphatic carbocycles. The third-order valence-corrected chi connectivity index (χ3v) is 4.35. The van der Waals surface area contributed by atoms with Crippen molar-refractivity contribution in [1.82, 2.24) is 10.4 Å². The lowest BCUT2D eigenvalue weighted by Crippen LogP contribution is -2.47. The molecule has 1 aliphatic rings. The Morgan fingerprint density at radius 1 is 1.44 bits per heavy atom. The van der Waals surface area contributed by atoms with Crippen LogP contribution in [0.3, 0.4) is 0 Å². The normalized spacial score (nSPS) is 23.0. The number of fused-ring (bicyclic) bond motifs is 1. The highest BCUT2D eigenvalue weighted by molar-refractivity contribution is 7.22. The van der Waals surface area contributed by atoms with E-state index in [1.807, 2.05) is 6.07 Å². The summed E-state index contributed by atoms with van der Waals surface area (Å²) in [6.45, 7) is 2.14. The third kappa shape index (κ3) is 2.20. The van der Waals surface area contributed by atoms with Gasteiger partial charge in [0.25, 0.3) is 0 Å². The summed E-state index contributed by atoms with van der Waals surface area (Å²) in [6.07, 6.45) is 1.86. The molecule has 0 radical (unpaired) electrons. The molecule has 0 aliphatic heterocycles. The molecule has 2 aromatic rings. The third-order valence-electron chi connectivity index (χ3n) is 3.42. The Labute approximate surface area is 109 Å². The second kappa shape index (κ2) is 4.82. The molecular formula is C13H16FN3S. The van der Waals surface area contributed by atoms with Crippen molar-refractivity contribution in [2.45, 2.75) is 38.4 Å². The lowest BCUT2D eigenvalue weighted by atomic mass is 9.91. The Hall–Kier alpha value is -1.20. The molecule has 0 saturated heterocycles. The van der Waals surface area contributed by atoms with Crippen molar-refractivity contribution < 1.29 is 4.39 Å². The number of rotatable bonds is 4. The molecule has 18 heavy (non-hydrogen) atoms. The second-order valence-electron chi connectivity index (χ2n) is 4.64. The SMILES string of the molecule is CCc1ccc2nc(NNC3CCC3F)sc2c1. The largest absolute Gasteiger partial charge is 0.297 e. The summed E-state index contributed by atoms with van der Waals surface area (Å²) in [4.78, 5) is 4.47. The summed E-state index contributed by atoms with van der Waals surface area (Å²) < 4.78 is 14.2. The predicted octanol–water partition coefficient (Wildman–Crippen LogP) is 3.28. The van der Waals surface area contributed by atoms with Crippen molar-refractivity contribution in [2.24, 2.45) is 0 Å². The smallest absolute Gasteiger partial charge is 0.198 e. The van der Waals surface area contributed by atoms with Crippen LogP contribution in [-0.2, 0) is 6.42 Å². The first kappa shape index (κ1) is 11.9. The number of aromatic nitrogens is 1. The van der Waals surface area contributed by atoms with Crippen molar-refractivity contribution in [2.75, 3.05) is 5.43 Å². The van der Waals surface area contributed by atoms with Gasteiger partial charge in [-0.3, -0.25) is 5.43 Å². The number of anilines is 1. The summed E-state index contributed by atoms with van der Waals surface area (Å²) >= 11 is 1.60. The van der Waals surface area contributed by atoms with Gasteiger partial charge in [-0.05, 0) is 37.0 Å². The van der Waals surface area contributed by atoms with Gasteiger partial charge in [-0.25, -0.2) is 14.8 Å². The van der Waals surface area contributed by atoms with E-state index in [1.54, 1.807) is 11.3 Å². The second-order valence-corrected chi connectivity index (χ2v) is 5.67. The van der Waals surface area contributed by atoms with Crippen LogP contribution in [0.5, 0.6) is 0 Å². The van der Waals surface area contributed by atoms with Crippen LogP contribution in [-0.4, -0.2) is 17.2 Å². The Bertz CT molecular complexity index is 554. The molecule has 1 fully saturated rings.